The number of allylic oxidation sites excluding steroid dienone is 4. The summed E-state index contributed by atoms with van der Waals surface area (Å²) in [5, 5.41) is 19.2. The number of benzene rings is 1. The van der Waals surface area contributed by atoms with Crippen LogP contribution < -0.4 is 10.6 Å². The Morgan fingerprint density at radius 2 is 2.13 bits per heavy atom. The molecule has 1 atom stereocenters. The van der Waals surface area contributed by atoms with Crippen LogP contribution in [-0.2, 0) is 4.79 Å². The molecule has 1 aliphatic carbocycles. The molecule has 31 heavy (non-hydrogen) atoms. The van der Waals surface area contributed by atoms with Gasteiger partial charge in [0.1, 0.15) is 5.82 Å². The number of hydrogen-bond donors (Lipinski definition) is 1. The number of nitrogens with zero attached hydrogens (tertiary/aromatic N) is 4. The van der Waals surface area contributed by atoms with Crippen LogP contribution in [0, 0.1) is 17.2 Å². The number of carbonyl (C=O) groups excluding carboxylic acids is 1. The van der Waals surface area contributed by atoms with Crippen LogP contribution in [0.4, 0.5) is 5.13 Å². The van der Waals surface area contributed by atoms with Gasteiger partial charge in [-0.15, -0.1) is 10.2 Å². The first-order chi connectivity index (χ1) is 15.1. The summed E-state index contributed by atoms with van der Waals surface area (Å²) in [4.78, 5) is 14.8. The maximum atomic E-state index is 13.0. The van der Waals surface area contributed by atoms with Gasteiger partial charge in [0.15, 0.2) is 10.1 Å². The molecule has 8 heteroatoms. The Labute approximate surface area is 190 Å². The number of Topliss-reactive ketones (excluding diaryl/α,β-unsaturated/α-hetero) is 1. The highest BCUT2D eigenvalue weighted by Crippen LogP contribution is 2.43. The van der Waals surface area contributed by atoms with Crippen LogP contribution >= 0.6 is 23.1 Å². The van der Waals surface area contributed by atoms with E-state index >= 15 is 0 Å². The zero-order chi connectivity index (χ0) is 21.8. The van der Waals surface area contributed by atoms with Gasteiger partial charge in [-0.1, -0.05) is 72.5 Å². The van der Waals surface area contributed by atoms with Crippen LogP contribution in [0.3, 0.4) is 0 Å². The fourth-order valence-electron chi connectivity index (χ4n) is 3.85. The van der Waals surface area contributed by atoms with Gasteiger partial charge >= 0.3 is 0 Å². The third-order valence-corrected chi connectivity index (χ3v) is 7.50. The third-order valence-electron chi connectivity index (χ3n) is 5.26. The molecule has 4 rings (SSSR count). The zero-order valence-electron chi connectivity index (χ0n) is 17.2. The lowest BCUT2D eigenvalue weighted by molar-refractivity contribution is -0.116. The summed E-state index contributed by atoms with van der Waals surface area (Å²) in [6, 6.07) is 12.1. The highest BCUT2D eigenvalue weighted by Gasteiger charge is 2.39. The highest BCUT2D eigenvalue weighted by molar-refractivity contribution is 8.01. The van der Waals surface area contributed by atoms with E-state index in [0.29, 0.717) is 34.9 Å². The molecule has 2 heterocycles. The molecule has 0 bridgehead atoms. The lowest BCUT2D eigenvalue weighted by Gasteiger charge is -2.37. The van der Waals surface area contributed by atoms with Crippen LogP contribution in [0.2, 0.25) is 0 Å². The number of hydrogen-bond acceptors (Lipinski definition) is 8. The molecule has 0 saturated carbocycles. The first-order valence-electron chi connectivity index (χ1n) is 10.3. The predicted octanol–water partition coefficient (Wildman–Crippen LogP) is 4.89. The highest BCUT2D eigenvalue weighted by atomic mass is 32.2. The van der Waals surface area contributed by atoms with Crippen molar-refractivity contribution in [2.75, 3.05) is 10.7 Å². The molecule has 0 fully saturated rings. The standard InChI is InChI=1S/C23H23N5OS2/c1-2-13-30-23-27-26-22(31-23)28-18-9-6-10-19(29)20(18)16(17(14-24)21(28)25)12-11-15-7-4-3-5-8-15/h3-5,7-8,11-12,16H,2,6,9-10,13,25H2,1H3/b12-11+. The SMILES string of the molecule is CCCSc1nnc(N2C(N)=C(C#N)C(/C=C/c3ccccc3)C3=C2CCCC3=O)s1. The fourth-order valence-corrected chi connectivity index (χ4v) is 5.66. The topological polar surface area (TPSA) is 95.9 Å². The van der Waals surface area contributed by atoms with Crippen molar-refractivity contribution in [1.82, 2.24) is 10.2 Å². The average Bonchev–Trinajstić information content (AvgIpc) is 3.25. The second-order valence-electron chi connectivity index (χ2n) is 7.33. The van der Waals surface area contributed by atoms with Crippen LogP contribution in [0.5, 0.6) is 0 Å². The second kappa shape index (κ2) is 9.50. The van der Waals surface area contributed by atoms with E-state index in [1.807, 2.05) is 42.5 Å². The van der Waals surface area contributed by atoms with E-state index in [9.17, 15) is 10.1 Å². The van der Waals surface area contributed by atoms with Crippen LogP contribution in [-0.4, -0.2) is 21.7 Å². The van der Waals surface area contributed by atoms with Crippen LogP contribution in [0.15, 0.2) is 63.4 Å². The number of thioether (sulfide) groups is 1. The minimum Gasteiger partial charge on any atom is -0.384 e. The van der Waals surface area contributed by atoms with Crippen LogP contribution in [0.25, 0.3) is 6.08 Å². The number of nitriles is 1. The van der Waals surface area contributed by atoms with Gasteiger partial charge in [0, 0.05) is 29.4 Å². The molecule has 1 aromatic heterocycles. The Kier molecular flexibility index (Phi) is 6.54. The fraction of sp³-hybridized carbons (Fsp3) is 0.304. The molecule has 2 aliphatic rings. The maximum absolute atomic E-state index is 13.0. The molecule has 1 aromatic carbocycles. The summed E-state index contributed by atoms with van der Waals surface area (Å²) >= 11 is 3.10. The van der Waals surface area contributed by atoms with Crippen molar-refractivity contribution in [2.45, 2.75) is 36.9 Å². The van der Waals surface area contributed by atoms with E-state index in [2.05, 4.69) is 23.2 Å². The number of carbonyl (C=O) groups is 1. The van der Waals surface area contributed by atoms with Crippen molar-refractivity contribution in [3.63, 3.8) is 0 Å². The van der Waals surface area contributed by atoms with Gasteiger partial charge < -0.3 is 5.73 Å². The normalized spacial score (nSPS) is 19.2. The van der Waals surface area contributed by atoms with Gasteiger partial charge in [-0.2, -0.15) is 5.26 Å². The van der Waals surface area contributed by atoms with E-state index in [1.165, 1.54) is 11.3 Å². The molecule has 2 N–H and O–H groups in total. The minimum atomic E-state index is -0.453. The van der Waals surface area contributed by atoms with Crippen molar-refractivity contribution in [3.05, 3.63) is 64.6 Å². The van der Waals surface area contributed by atoms with Gasteiger partial charge in [0.2, 0.25) is 5.13 Å². The predicted molar refractivity (Wildman–Crippen MR) is 125 cm³/mol. The van der Waals surface area contributed by atoms with Crippen molar-refractivity contribution in [2.24, 2.45) is 11.7 Å². The lowest BCUT2D eigenvalue weighted by atomic mass is 9.79. The van der Waals surface area contributed by atoms with Gasteiger partial charge in [-0.05, 0) is 24.8 Å². The van der Waals surface area contributed by atoms with Gasteiger partial charge in [0.05, 0.1) is 11.6 Å². The Bertz CT molecular complexity index is 1110. The number of aromatic nitrogens is 2. The molecule has 0 spiro atoms. The third kappa shape index (κ3) is 4.29. The largest absolute Gasteiger partial charge is 0.384 e. The first kappa shape index (κ1) is 21.3. The molecule has 1 unspecified atom stereocenters. The monoisotopic (exact) mass is 449 g/mol. The molecule has 0 saturated heterocycles. The molecule has 1 aliphatic heterocycles. The maximum Gasteiger partial charge on any atom is 0.219 e. The number of nitrogens with two attached hydrogens (primary N) is 1. The Morgan fingerprint density at radius 1 is 1.32 bits per heavy atom. The average molecular weight is 450 g/mol. The molecule has 158 valence electrons. The molecular formula is C23H23N5OS2. The summed E-state index contributed by atoms with van der Waals surface area (Å²) in [6.45, 7) is 2.12. The molecule has 6 nitrogen and oxygen atoms in total. The van der Waals surface area contributed by atoms with E-state index < -0.39 is 5.92 Å². The first-order valence-corrected chi connectivity index (χ1v) is 12.1. The Morgan fingerprint density at radius 3 is 2.87 bits per heavy atom. The van der Waals surface area contributed by atoms with E-state index in [0.717, 1.165) is 34.2 Å². The second-order valence-corrected chi connectivity index (χ2v) is 9.63. The Balaban J connectivity index is 1.78. The summed E-state index contributed by atoms with van der Waals surface area (Å²) in [6.07, 6.45) is 6.86. The molecule has 0 radical (unpaired) electrons. The summed E-state index contributed by atoms with van der Waals surface area (Å²) in [5.74, 6) is 0.912. The number of rotatable bonds is 6. The Hall–Kier alpha value is -2.89. The van der Waals surface area contributed by atoms with Crippen molar-refractivity contribution >= 4 is 40.1 Å². The lowest BCUT2D eigenvalue weighted by Crippen LogP contribution is -2.39. The smallest absolute Gasteiger partial charge is 0.219 e. The number of ketones is 1. The van der Waals surface area contributed by atoms with Gasteiger partial charge in [-0.3, -0.25) is 9.69 Å². The zero-order valence-corrected chi connectivity index (χ0v) is 18.9. The molecule has 2 aromatic rings. The summed E-state index contributed by atoms with van der Waals surface area (Å²) in [5.41, 5.74) is 9.41. The van der Waals surface area contributed by atoms with E-state index in [-0.39, 0.29) is 5.78 Å². The quantitative estimate of drug-likeness (QED) is 0.627. The van der Waals surface area contributed by atoms with Crippen molar-refractivity contribution in [3.8, 4) is 6.07 Å². The summed E-state index contributed by atoms with van der Waals surface area (Å²) in [7, 11) is 0. The minimum absolute atomic E-state index is 0.0688. The van der Waals surface area contributed by atoms with Gasteiger partial charge in [-0.25, -0.2) is 0 Å². The van der Waals surface area contributed by atoms with Crippen molar-refractivity contribution in [1.29, 1.82) is 5.26 Å². The van der Waals surface area contributed by atoms with E-state index in [1.54, 1.807) is 16.7 Å². The molecular weight excluding hydrogens is 426 g/mol. The number of anilines is 1. The molecule has 0 amide bonds. The van der Waals surface area contributed by atoms with Gasteiger partial charge in [0.25, 0.3) is 0 Å². The van der Waals surface area contributed by atoms with Crippen molar-refractivity contribution < 1.29 is 4.79 Å². The summed E-state index contributed by atoms with van der Waals surface area (Å²) < 4.78 is 0.860. The van der Waals surface area contributed by atoms with Crippen LogP contribution in [0.1, 0.15) is 38.2 Å². The van der Waals surface area contributed by atoms with E-state index in [4.69, 9.17) is 5.73 Å².